The summed E-state index contributed by atoms with van der Waals surface area (Å²) in [5.74, 6) is 4.88. The minimum atomic E-state index is -0.530. The van der Waals surface area contributed by atoms with Crippen molar-refractivity contribution in [3.05, 3.63) is 0 Å². The van der Waals surface area contributed by atoms with Crippen LogP contribution in [0.15, 0.2) is 0 Å². The largest absolute Gasteiger partial charge is 0.449 e. The molecule has 0 aliphatic carbocycles. The van der Waals surface area contributed by atoms with E-state index in [1.807, 2.05) is 0 Å². The van der Waals surface area contributed by atoms with Crippen molar-refractivity contribution in [2.45, 2.75) is 24.8 Å². The quantitative estimate of drug-likeness (QED) is 0.420. The van der Waals surface area contributed by atoms with Gasteiger partial charge in [-0.1, -0.05) is 5.92 Å². The summed E-state index contributed by atoms with van der Waals surface area (Å²) in [5.41, 5.74) is 0. The van der Waals surface area contributed by atoms with Crippen molar-refractivity contribution < 1.29 is 9.53 Å². The highest BCUT2D eigenvalue weighted by Crippen LogP contribution is 2.06. The zero-order chi connectivity index (χ0) is 9.40. The summed E-state index contributed by atoms with van der Waals surface area (Å²) in [7, 11) is 0. The van der Waals surface area contributed by atoms with Gasteiger partial charge in [-0.2, -0.15) is 5.26 Å². The van der Waals surface area contributed by atoms with Gasteiger partial charge < -0.3 is 4.74 Å². The summed E-state index contributed by atoms with van der Waals surface area (Å²) in [5, 5.41) is 7.72. The Labute approximate surface area is 79.8 Å². The van der Waals surface area contributed by atoms with Crippen LogP contribution in [0.25, 0.3) is 0 Å². The Morgan fingerprint density at radius 3 is 2.92 bits per heavy atom. The van der Waals surface area contributed by atoms with Gasteiger partial charge in [-0.05, 0) is 22.9 Å². The number of alkyl halides is 1. The van der Waals surface area contributed by atoms with E-state index in [9.17, 15) is 4.79 Å². The fourth-order valence-corrected chi connectivity index (χ4v) is 0.843. The molecule has 0 spiro atoms. The topological polar surface area (TPSA) is 50.1 Å². The minimum Gasteiger partial charge on any atom is -0.449 e. The molecule has 0 saturated carbocycles. The van der Waals surface area contributed by atoms with Gasteiger partial charge in [-0.25, -0.2) is 0 Å². The molecule has 0 saturated heterocycles. The first-order chi connectivity index (χ1) is 5.70. The van der Waals surface area contributed by atoms with E-state index in [2.05, 4.69) is 27.8 Å². The summed E-state index contributed by atoms with van der Waals surface area (Å²) >= 11 is 3.09. The van der Waals surface area contributed by atoms with Crippen molar-refractivity contribution in [2.75, 3.05) is 0 Å². The predicted molar refractivity (Wildman–Crippen MR) is 47.1 cm³/mol. The Morgan fingerprint density at radius 1 is 1.75 bits per heavy atom. The molecule has 0 aromatic heterocycles. The number of ether oxygens (including phenoxy) is 1. The molecule has 0 bridgehead atoms. The Morgan fingerprint density at radius 2 is 2.42 bits per heavy atom. The van der Waals surface area contributed by atoms with Gasteiger partial charge >= 0.3 is 5.97 Å². The number of carbonyl (C=O) groups excluding carboxylic acids is 1. The second-order valence-corrected chi connectivity index (χ2v) is 2.89. The molecule has 12 heavy (non-hydrogen) atoms. The molecule has 0 heterocycles. The van der Waals surface area contributed by atoms with Crippen LogP contribution in [-0.4, -0.2) is 11.0 Å². The lowest BCUT2D eigenvalue weighted by Gasteiger charge is -2.05. The van der Waals surface area contributed by atoms with Gasteiger partial charge in [-0.3, -0.25) is 4.79 Å². The lowest BCUT2D eigenvalue weighted by atomic mass is 10.4. The minimum absolute atomic E-state index is 0.221. The average Bonchev–Trinajstić information content (AvgIpc) is 2.01. The molecule has 0 aliphatic rings. The van der Waals surface area contributed by atoms with Crippen molar-refractivity contribution in [2.24, 2.45) is 0 Å². The zero-order valence-electron chi connectivity index (χ0n) is 6.63. The molecule has 3 nitrogen and oxygen atoms in total. The number of rotatable bonds is 3. The zero-order valence-corrected chi connectivity index (χ0v) is 8.22. The van der Waals surface area contributed by atoms with Crippen LogP contribution in [-0.2, 0) is 9.53 Å². The third-order valence-electron chi connectivity index (χ3n) is 0.922. The number of hydrogen-bond donors (Lipinski definition) is 0. The van der Waals surface area contributed by atoms with E-state index in [1.165, 1.54) is 0 Å². The van der Waals surface area contributed by atoms with E-state index < -0.39 is 11.0 Å². The van der Waals surface area contributed by atoms with Gasteiger partial charge in [0.2, 0.25) is 0 Å². The first-order valence-corrected chi connectivity index (χ1v) is 4.22. The van der Waals surface area contributed by atoms with E-state index in [4.69, 9.17) is 10.00 Å². The molecule has 0 radical (unpaired) electrons. The molecule has 0 aromatic carbocycles. The van der Waals surface area contributed by atoms with Crippen molar-refractivity contribution >= 4 is 21.9 Å². The number of esters is 1. The fourth-order valence-electron chi connectivity index (χ4n) is 0.473. The molecule has 0 rings (SSSR count). The molecular weight excluding hydrogens is 222 g/mol. The highest BCUT2D eigenvalue weighted by Gasteiger charge is 2.08. The highest BCUT2D eigenvalue weighted by molar-refractivity contribution is 9.09. The van der Waals surface area contributed by atoms with E-state index in [-0.39, 0.29) is 6.42 Å². The van der Waals surface area contributed by atoms with Gasteiger partial charge in [-0.15, -0.1) is 5.92 Å². The first-order valence-electron chi connectivity index (χ1n) is 3.30. The van der Waals surface area contributed by atoms with Crippen LogP contribution in [0.3, 0.4) is 0 Å². The molecule has 0 aromatic rings. The van der Waals surface area contributed by atoms with Crippen LogP contribution in [0.5, 0.6) is 0 Å². The van der Waals surface area contributed by atoms with Crippen LogP contribution in [0.1, 0.15) is 19.8 Å². The lowest BCUT2D eigenvalue weighted by molar-refractivity contribution is -0.143. The molecular formula is C8H8BrNO2. The highest BCUT2D eigenvalue weighted by atomic mass is 79.9. The molecule has 1 unspecified atom stereocenters. The van der Waals surface area contributed by atoms with Crippen LogP contribution >= 0.6 is 15.9 Å². The Kier molecular flexibility index (Phi) is 6.14. The van der Waals surface area contributed by atoms with E-state index in [0.29, 0.717) is 6.42 Å². The third-order valence-corrected chi connectivity index (χ3v) is 1.43. The van der Waals surface area contributed by atoms with Crippen LogP contribution in [0.4, 0.5) is 0 Å². The van der Waals surface area contributed by atoms with Crippen LogP contribution in [0, 0.1) is 23.2 Å². The molecule has 4 heteroatoms. The summed E-state index contributed by atoms with van der Waals surface area (Å²) in [6, 6.07) is 1.70. The van der Waals surface area contributed by atoms with Crippen LogP contribution in [0.2, 0.25) is 0 Å². The molecule has 0 aliphatic heterocycles. The Bertz CT molecular complexity index is 246. The number of halogens is 1. The molecule has 0 N–H and O–H groups in total. The average molecular weight is 230 g/mol. The second kappa shape index (κ2) is 6.69. The monoisotopic (exact) mass is 229 g/mol. The van der Waals surface area contributed by atoms with Gasteiger partial charge in [0, 0.05) is 0 Å². The molecule has 64 valence electrons. The maximum atomic E-state index is 10.7. The van der Waals surface area contributed by atoms with E-state index in [0.717, 1.165) is 0 Å². The maximum Gasteiger partial charge on any atom is 0.321 e. The van der Waals surface area contributed by atoms with Crippen molar-refractivity contribution in [1.29, 1.82) is 5.26 Å². The lowest BCUT2D eigenvalue weighted by Crippen LogP contribution is -2.10. The summed E-state index contributed by atoms with van der Waals surface area (Å²) in [4.78, 5) is 10.7. The van der Waals surface area contributed by atoms with E-state index >= 15 is 0 Å². The fraction of sp³-hybridized carbons (Fsp3) is 0.500. The number of carbonyl (C=O) groups is 1. The van der Waals surface area contributed by atoms with Crippen LogP contribution < -0.4 is 0 Å². The number of nitrogens with zero attached hydrogens (tertiary/aromatic N) is 1. The number of nitriles is 1. The molecule has 1 atom stereocenters. The molecule has 0 fully saturated rings. The van der Waals surface area contributed by atoms with Gasteiger partial charge in [0.25, 0.3) is 0 Å². The smallest absolute Gasteiger partial charge is 0.321 e. The van der Waals surface area contributed by atoms with Crippen molar-refractivity contribution in [3.63, 3.8) is 0 Å². The van der Waals surface area contributed by atoms with Gasteiger partial charge in [0.1, 0.15) is 6.42 Å². The van der Waals surface area contributed by atoms with Crippen molar-refractivity contribution in [3.8, 4) is 17.9 Å². The SMILES string of the molecule is CC#CCC(Br)OC(=O)CC#N. The van der Waals surface area contributed by atoms with E-state index in [1.54, 1.807) is 13.0 Å². The standard InChI is InChI=1S/C8H8BrNO2/c1-2-3-4-7(9)12-8(11)5-6-10/h7H,4-5H2,1H3. The first kappa shape index (κ1) is 11.0. The summed E-state index contributed by atoms with van der Waals surface area (Å²) in [6.07, 6.45) is 0.218. The normalized spacial score (nSPS) is 10.4. The Hall–Kier alpha value is -1.00. The van der Waals surface area contributed by atoms with Gasteiger partial charge in [0.05, 0.1) is 12.5 Å². The molecule has 0 amide bonds. The van der Waals surface area contributed by atoms with Gasteiger partial charge in [0.15, 0.2) is 5.01 Å². The maximum absolute atomic E-state index is 10.7. The summed E-state index contributed by atoms with van der Waals surface area (Å²) in [6.45, 7) is 1.71. The van der Waals surface area contributed by atoms with Crippen molar-refractivity contribution in [1.82, 2.24) is 0 Å². The Balaban J connectivity index is 3.67. The number of hydrogen-bond acceptors (Lipinski definition) is 3. The predicted octanol–water partition coefficient (Wildman–Crippen LogP) is 1.58. The third kappa shape index (κ3) is 5.76. The second-order valence-electron chi connectivity index (χ2n) is 1.87. The summed E-state index contributed by atoms with van der Waals surface area (Å²) < 4.78 is 4.75.